The Kier molecular flexibility index (Phi) is 5.24. The molecule has 0 unspecified atom stereocenters. The lowest BCUT2D eigenvalue weighted by Gasteiger charge is -2.31. The van der Waals surface area contributed by atoms with Gasteiger partial charge in [-0.3, -0.25) is 0 Å². The van der Waals surface area contributed by atoms with Gasteiger partial charge in [-0.1, -0.05) is 13.8 Å². The molecule has 0 bridgehead atoms. The highest BCUT2D eigenvalue weighted by molar-refractivity contribution is 7.18. The van der Waals surface area contributed by atoms with Crippen LogP contribution in [0.15, 0.2) is 29.5 Å². The fourth-order valence-corrected chi connectivity index (χ4v) is 3.70. The molecule has 0 saturated carbocycles. The summed E-state index contributed by atoms with van der Waals surface area (Å²) in [6, 6.07) is 5.68. The van der Waals surface area contributed by atoms with Crippen LogP contribution in [0, 0.1) is 0 Å². The van der Waals surface area contributed by atoms with E-state index in [1.165, 1.54) is 14.2 Å². The molecule has 0 radical (unpaired) electrons. The molecule has 1 aliphatic heterocycles. The van der Waals surface area contributed by atoms with E-state index in [4.69, 9.17) is 14.2 Å². The number of thiazole rings is 1. The molecule has 2 heterocycles. The van der Waals surface area contributed by atoms with Crippen LogP contribution < -0.4 is 4.90 Å². The number of methoxy groups -OCH3 is 2. The third-order valence-corrected chi connectivity index (χ3v) is 5.35. The standard InChI is InChI=1S/C18H20N2O5S/c1-10(2)16-19-13-6-5-11(7-14(13)26-16)20-9-25-8-12(17(21)23-3)15(20)18(22)24-4/h5-7,10H,8-9H2,1-4H3. The molecule has 0 fully saturated rings. The van der Waals surface area contributed by atoms with Crippen molar-refractivity contribution >= 4 is 39.2 Å². The summed E-state index contributed by atoms with van der Waals surface area (Å²) in [6.07, 6.45) is 0. The molecule has 0 atom stereocenters. The molecule has 8 heteroatoms. The summed E-state index contributed by atoms with van der Waals surface area (Å²) in [5, 5.41) is 1.05. The number of hydrogen-bond donors (Lipinski definition) is 0. The van der Waals surface area contributed by atoms with Gasteiger partial charge in [0.05, 0.1) is 41.6 Å². The fourth-order valence-electron chi connectivity index (χ4n) is 2.69. The van der Waals surface area contributed by atoms with E-state index in [1.54, 1.807) is 16.2 Å². The highest BCUT2D eigenvalue weighted by Gasteiger charge is 2.32. The lowest BCUT2D eigenvalue weighted by atomic mass is 10.1. The number of fused-ring (bicyclic) bond motifs is 1. The summed E-state index contributed by atoms with van der Waals surface area (Å²) in [7, 11) is 2.54. The topological polar surface area (TPSA) is 78.0 Å². The Morgan fingerprint density at radius 3 is 2.62 bits per heavy atom. The van der Waals surface area contributed by atoms with Crippen LogP contribution >= 0.6 is 11.3 Å². The average molecular weight is 376 g/mol. The largest absolute Gasteiger partial charge is 0.466 e. The highest BCUT2D eigenvalue weighted by Crippen LogP contribution is 2.33. The van der Waals surface area contributed by atoms with Gasteiger partial charge >= 0.3 is 11.9 Å². The van der Waals surface area contributed by atoms with Crippen molar-refractivity contribution in [1.82, 2.24) is 4.98 Å². The zero-order chi connectivity index (χ0) is 18.8. The molecule has 7 nitrogen and oxygen atoms in total. The normalized spacial score (nSPS) is 14.9. The average Bonchev–Trinajstić information content (AvgIpc) is 3.09. The molecule has 0 N–H and O–H groups in total. The van der Waals surface area contributed by atoms with E-state index >= 15 is 0 Å². The maximum atomic E-state index is 12.3. The molecule has 0 aliphatic carbocycles. The van der Waals surface area contributed by atoms with Crippen molar-refractivity contribution in [2.75, 3.05) is 32.5 Å². The summed E-state index contributed by atoms with van der Waals surface area (Å²) < 4.78 is 16.2. The monoisotopic (exact) mass is 376 g/mol. The number of ether oxygens (including phenoxy) is 3. The first-order valence-electron chi connectivity index (χ1n) is 8.11. The molecule has 1 aliphatic rings. The van der Waals surface area contributed by atoms with Crippen molar-refractivity contribution in [2.45, 2.75) is 19.8 Å². The Bertz CT molecular complexity index is 887. The lowest BCUT2D eigenvalue weighted by Crippen LogP contribution is -2.38. The second-order valence-corrected chi connectivity index (χ2v) is 7.14. The molecule has 0 saturated heterocycles. The molecule has 0 spiro atoms. The first-order chi connectivity index (χ1) is 12.5. The number of aromatic nitrogens is 1. The summed E-state index contributed by atoms with van der Waals surface area (Å²) in [5.74, 6) is -0.886. The third kappa shape index (κ3) is 3.30. The van der Waals surface area contributed by atoms with Gasteiger partial charge in [0.1, 0.15) is 12.4 Å². The maximum absolute atomic E-state index is 12.3. The second-order valence-electron chi connectivity index (χ2n) is 6.07. The first kappa shape index (κ1) is 18.3. The number of nitrogens with zero attached hydrogens (tertiary/aromatic N) is 2. The van der Waals surface area contributed by atoms with Crippen LogP contribution in [0.3, 0.4) is 0 Å². The first-order valence-corrected chi connectivity index (χ1v) is 8.93. The van der Waals surface area contributed by atoms with Gasteiger partial charge in [0.2, 0.25) is 0 Å². The van der Waals surface area contributed by atoms with Crippen LogP contribution in [0.1, 0.15) is 24.8 Å². The molecule has 1 aromatic heterocycles. The van der Waals surface area contributed by atoms with Crippen LogP contribution in [-0.2, 0) is 23.8 Å². The quantitative estimate of drug-likeness (QED) is 0.759. The molecule has 2 aromatic rings. The maximum Gasteiger partial charge on any atom is 0.355 e. The minimum absolute atomic E-state index is 0.00605. The molecule has 138 valence electrons. The SMILES string of the molecule is COC(=O)C1=C(C(=O)OC)N(c2ccc3nc(C(C)C)sc3c2)COC1. The van der Waals surface area contributed by atoms with E-state index in [0.717, 1.165) is 20.9 Å². The van der Waals surface area contributed by atoms with Gasteiger partial charge in [0.25, 0.3) is 0 Å². The van der Waals surface area contributed by atoms with E-state index in [1.807, 2.05) is 18.2 Å². The number of anilines is 1. The van der Waals surface area contributed by atoms with E-state index in [2.05, 4.69) is 18.8 Å². The van der Waals surface area contributed by atoms with Crippen LogP contribution in [0.4, 0.5) is 5.69 Å². The van der Waals surface area contributed by atoms with Crippen LogP contribution in [-0.4, -0.2) is 44.5 Å². The molecule has 0 amide bonds. The minimum Gasteiger partial charge on any atom is -0.466 e. The zero-order valence-electron chi connectivity index (χ0n) is 15.1. The number of esters is 2. The van der Waals surface area contributed by atoms with Crippen LogP contribution in [0.5, 0.6) is 0 Å². The van der Waals surface area contributed by atoms with Crippen molar-refractivity contribution in [3.8, 4) is 0 Å². The number of rotatable bonds is 4. The lowest BCUT2D eigenvalue weighted by molar-refractivity contribution is -0.140. The number of benzene rings is 1. The number of hydrogen-bond acceptors (Lipinski definition) is 8. The van der Waals surface area contributed by atoms with Gasteiger partial charge in [0.15, 0.2) is 0 Å². The zero-order valence-corrected chi connectivity index (χ0v) is 15.9. The second kappa shape index (κ2) is 7.43. The number of carbonyl (C=O) groups excluding carboxylic acids is 2. The Hall–Kier alpha value is -2.45. The van der Waals surface area contributed by atoms with Gasteiger partial charge in [-0.25, -0.2) is 14.6 Å². The Morgan fingerprint density at radius 2 is 1.96 bits per heavy atom. The van der Waals surface area contributed by atoms with Crippen molar-refractivity contribution in [1.29, 1.82) is 0 Å². The van der Waals surface area contributed by atoms with Gasteiger partial charge in [-0.2, -0.15) is 0 Å². The van der Waals surface area contributed by atoms with Gasteiger partial charge in [-0.05, 0) is 18.2 Å². The summed E-state index contributed by atoms with van der Waals surface area (Å²) in [4.78, 5) is 30.6. The van der Waals surface area contributed by atoms with Gasteiger partial charge in [-0.15, -0.1) is 11.3 Å². The van der Waals surface area contributed by atoms with Crippen LogP contribution in [0.2, 0.25) is 0 Å². The summed E-state index contributed by atoms with van der Waals surface area (Å²) >= 11 is 1.61. The third-order valence-electron chi connectivity index (χ3n) is 4.03. The van der Waals surface area contributed by atoms with E-state index in [0.29, 0.717) is 5.92 Å². The molecule has 3 rings (SSSR count). The fraction of sp³-hybridized carbons (Fsp3) is 0.389. The van der Waals surface area contributed by atoms with E-state index in [9.17, 15) is 9.59 Å². The van der Waals surface area contributed by atoms with E-state index < -0.39 is 11.9 Å². The minimum atomic E-state index is -0.615. The van der Waals surface area contributed by atoms with Crippen molar-refractivity contribution in [3.05, 3.63) is 34.5 Å². The predicted molar refractivity (Wildman–Crippen MR) is 98.1 cm³/mol. The van der Waals surface area contributed by atoms with Crippen LogP contribution in [0.25, 0.3) is 10.2 Å². The Balaban J connectivity index is 2.09. The van der Waals surface area contributed by atoms with Crippen molar-refractivity contribution in [2.24, 2.45) is 0 Å². The Morgan fingerprint density at radius 1 is 1.23 bits per heavy atom. The summed E-state index contributed by atoms with van der Waals surface area (Å²) in [5.41, 5.74) is 1.89. The predicted octanol–water partition coefficient (Wildman–Crippen LogP) is 2.81. The molecular formula is C18H20N2O5S. The van der Waals surface area contributed by atoms with Gasteiger partial charge < -0.3 is 19.1 Å². The van der Waals surface area contributed by atoms with E-state index in [-0.39, 0.29) is 24.6 Å². The van der Waals surface area contributed by atoms with Crippen molar-refractivity contribution in [3.63, 3.8) is 0 Å². The van der Waals surface area contributed by atoms with Crippen molar-refractivity contribution < 1.29 is 23.8 Å². The number of carbonyl (C=O) groups is 2. The Labute approximate surface area is 155 Å². The van der Waals surface area contributed by atoms with Gasteiger partial charge in [0, 0.05) is 11.6 Å². The molecule has 26 heavy (non-hydrogen) atoms. The molecular weight excluding hydrogens is 356 g/mol. The smallest absolute Gasteiger partial charge is 0.355 e. The highest BCUT2D eigenvalue weighted by atomic mass is 32.1. The molecule has 1 aromatic carbocycles. The summed E-state index contributed by atoms with van der Waals surface area (Å²) in [6.45, 7) is 4.32.